The van der Waals surface area contributed by atoms with Gasteiger partial charge in [0.05, 0.1) is 9.40 Å². The third-order valence-corrected chi connectivity index (χ3v) is 4.21. The molecule has 0 N–H and O–H groups in total. The standard InChI is InChI=1S/C14H19BrN2O3/c1-9(14(2,3)4)16(5)13(18)10-6-7-11(15)12(8-10)17(19)20/h6-9H,1-5H3. The van der Waals surface area contributed by atoms with E-state index < -0.39 is 4.92 Å². The van der Waals surface area contributed by atoms with Gasteiger partial charge in [-0.15, -0.1) is 0 Å². The van der Waals surface area contributed by atoms with E-state index in [-0.39, 0.29) is 23.1 Å². The van der Waals surface area contributed by atoms with E-state index in [1.165, 1.54) is 12.1 Å². The summed E-state index contributed by atoms with van der Waals surface area (Å²) in [6.45, 7) is 8.10. The first kappa shape index (κ1) is 16.6. The van der Waals surface area contributed by atoms with Gasteiger partial charge >= 0.3 is 0 Å². The lowest BCUT2D eigenvalue weighted by Crippen LogP contribution is -2.42. The predicted octanol–water partition coefficient (Wildman–Crippen LogP) is 3.86. The van der Waals surface area contributed by atoms with Gasteiger partial charge in [-0.05, 0) is 40.4 Å². The molecule has 110 valence electrons. The Morgan fingerprint density at radius 1 is 1.40 bits per heavy atom. The summed E-state index contributed by atoms with van der Waals surface area (Å²) in [7, 11) is 1.71. The second-order valence-corrected chi connectivity index (χ2v) is 6.74. The molecule has 1 aromatic rings. The van der Waals surface area contributed by atoms with E-state index in [0.717, 1.165) is 0 Å². The number of nitro groups is 1. The minimum Gasteiger partial charge on any atom is -0.338 e. The lowest BCUT2D eigenvalue weighted by Gasteiger charge is -2.35. The van der Waals surface area contributed by atoms with Crippen LogP contribution >= 0.6 is 15.9 Å². The van der Waals surface area contributed by atoms with Gasteiger partial charge in [0.2, 0.25) is 0 Å². The van der Waals surface area contributed by atoms with Crippen molar-refractivity contribution < 1.29 is 9.72 Å². The zero-order valence-corrected chi connectivity index (χ0v) is 13.9. The molecule has 0 heterocycles. The molecule has 1 unspecified atom stereocenters. The van der Waals surface area contributed by atoms with Crippen molar-refractivity contribution >= 4 is 27.5 Å². The van der Waals surface area contributed by atoms with Crippen molar-refractivity contribution in [2.45, 2.75) is 33.7 Å². The van der Waals surface area contributed by atoms with E-state index in [9.17, 15) is 14.9 Å². The molecule has 0 radical (unpaired) electrons. The highest BCUT2D eigenvalue weighted by Crippen LogP contribution is 2.28. The number of carbonyl (C=O) groups excluding carboxylic acids is 1. The fourth-order valence-corrected chi connectivity index (χ4v) is 2.14. The van der Waals surface area contributed by atoms with Gasteiger partial charge in [0, 0.05) is 24.7 Å². The molecule has 0 aliphatic rings. The topological polar surface area (TPSA) is 63.5 Å². The van der Waals surface area contributed by atoms with Crippen molar-refractivity contribution in [2.24, 2.45) is 5.41 Å². The maximum atomic E-state index is 12.4. The molecular weight excluding hydrogens is 324 g/mol. The largest absolute Gasteiger partial charge is 0.338 e. The van der Waals surface area contributed by atoms with Gasteiger partial charge in [-0.1, -0.05) is 20.8 Å². The lowest BCUT2D eigenvalue weighted by molar-refractivity contribution is -0.385. The summed E-state index contributed by atoms with van der Waals surface area (Å²) in [5, 5.41) is 10.9. The van der Waals surface area contributed by atoms with Crippen molar-refractivity contribution in [1.29, 1.82) is 0 Å². The molecule has 5 nitrogen and oxygen atoms in total. The van der Waals surface area contributed by atoms with Crippen molar-refractivity contribution in [3.63, 3.8) is 0 Å². The van der Waals surface area contributed by atoms with Gasteiger partial charge in [0.1, 0.15) is 0 Å². The van der Waals surface area contributed by atoms with Crippen LogP contribution in [0.15, 0.2) is 22.7 Å². The van der Waals surface area contributed by atoms with Crippen molar-refractivity contribution in [3.05, 3.63) is 38.3 Å². The Kier molecular flexibility index (Phi) is 4.91. The predicted molar refractivity (Wildman–Crippen MR) is 81.8 cm³/mol. The maximum absolute atomic E-state index is 12.4. The van der Waals surface area contributed by atoms with E-state index in [1.54, 1.807) is 18.0 Å². The fraction of sp³-hybridized carbons (Fsp3) is 0.500. The Morgan fingerprint density at radius 2 is 1.95 bits per heavy atom. The second-order valence-electron chi connectivity index (χ2n) is 5.88. The molecule has 1 rings (SSSR count). The lowest BCUT2D eigenvalue weighted by atomic mass is 9.87. The van der Waals surface area contributed by atoms with E-state index in [0.29, 0.717) is 10.0 Å². The van der Waals surface area contributed by atoms with Gasteiger partial charge in [-0.2, -0.15) is 0 Å². The molecule has 0 aliphatic heterocycles. The highest BCUT2D eigenvalue weighted by Gasteiger charge is 2.28. The highest BCUT2D eigenvalue weighted by molar-refractivity contribution is 9.10. The summed E-state index contributed by atoms with van der Waals surface area (Å²) in [5.41, 5.74) is 0.150. The van der Waals surface area contributed by atoms with Crippen LogP contribution in [0, 0.1) is 15.5 Å². The van der Waals surface area contributed by atoms with Crippen LogP contribution in [-0.2, 0) is 0 Å². The van der Waals surface area contributed by atoms with Crippen LogP contribution in [0.1, 0.15) is 38.1 Å². The van der Waals surface area contributed by atoms with E-state index in [1.807, 2.05) is 27.7 Å². The number of nitrogens with zero attached hydrogens (tertiary/aromatic N) is 2. The van der Waals surface area contributed by atoms with E-state index in [2.05, 4.69) is 15.9 Å². The summed E-state index contributed by atoms with van der Waals surface area (Å²) in [6, 6.07) is 4.43. The first-order valence-corrected chi connectivity index (χ1v) is 7.06. The van der Waals surface area contributed by atoms with Gasteiger partial charge in [0.25, 0.3) is 11.6 Å². The first-order chi connectivity index (χ1) is 9.05. The van der Waals surface area contributed by atoms with E-state index >= 15 is 0 Å². The van der Waals surface area contributed by atoms with Crippen LogP contribution < -0.4 is 0 Å². The van der Waals surface area contributed by atoms with Gasteiger partial charge in [-0.25, -0.2) is 0 Å². The van der Waals surface area contributed by atoms with Crippen LogP contribution in [-0.4, -0.2) is 28.8 Å². The molecule has 1 amide bonds. The number of rotatable bonds is 3. The number of carbonyl (C=O) groups is 1. The molecule has 1 atom stereocenters. The minimum atomic E-state index is -0.506. The highest BCUT2D eigenvalue weighted by atomic mass is 79.9. The molecule has 0 spiro atoms. The number of hydrogen-bond donors (Lipinski definition) is 0. The molecule has 0 saturated heterocycles. The number of hydrogen-bond acceptors (Lipinski definition) is 3. The molecule has 1 aromatic carbocycles. The number of nitro benzene ring substituents is 1. The molecule has 0 fully saturated rings. The molecular formula is C14H19BrN2O3. The van der Waals surface area contributed by atoms with Crippen LogP contribution in [0.25, 0.3) is 0 Å². The van der Waals surface area contributed by atoms with Gasteiger partial charge in [-0.3, -0.25) is 14.9 Å². The fourth-order valence-electron chi connectivity index (χ4n) is 1.75. The zero-order chi connectivity index (χ0) is 15.7. The molecule has 20 heavy (non-hydrogen) atoms. The third kappa shape index (κ3) is 3.56. The molecule has 0 saturated carbocycles. The number of halogens is 1. The van der Waals surface area contributed by atoms with Crippen LogP contribution in [0.5, 0.6) is 0 Å². The third-order valence-electron chi connectivity index (χ3n) is 3.54. The summed E-state index contributed by atoms with van der Waals surface area (Å²) in [5.74, 6) is -0.219. The average molecular weight is 343 g/mol. The number of benzene rings is 1. The quantitative estimate of drug-likeness (QED) is 0.618. The Hall–Kier alpha value is -1.43. The average Bonchev–Trinajstić information content (AvgIpc) is 2.35. The van der Waals surface area contributed by atoms with Gasteiger partial charge < -0.3 is 4.90 Å². The van der Waals surface area contributed by atoms with Crippen LogP contribution in [0.2, 0.25) is 0 Å². The smallest absolute Gasteiger partial charge is 0.284 e. The van der Waals surface area contributed by atoms with Gasteiger partial charge in [0.15, 0.2) is 0 Å². The number of amides is 1. The van der Waals surface area contributed by atoms with Crippen molar-refractivity contribution in [1.82, 2.24) is 4.90 Å². The summed E-state index contributed by atoms with van der Waals surface area (Å²) >= 11 is 3.11. The Morgan fingerprint density at radius 3 is 2.40 bits per heavy atom. The summed E-state index contributed by atoms with van der Waals surface area (Å²) in [4.78, 5) is 24.4. The van der Waals surface area contributed by atoms with Crippen molar-refractivity contribution in [3.8, 4) is 0 Å². The monoisotopic (exact) mass is 342 g/mol. The molecule has 0 aromatic heterocycles. The van der Waals surface area contributed by atoms with E-state index in [4.69, 9.17) is 0 Å². The summed E-state index contributed by atoms with van der Waals surface area (Å²) in [6.07, 6.45) is 0. The summed E-state index contributed by atoms with van der Waals surface area (Å²) < 4.78 is 0.366. The van der Waals surface area contributed by atoms with Crippen LogP contribution in [0.3, 0.4) is 0 Å². The maximum Gasteiger partial charge on any atom is 0.284 e. The normalized spacial score (nSPS) is 12.9. The Labute approximate surface area is 127 Å². The Balaban J connectivity index is 3.10. The second kappa shape index (κ2) is 5.91. The SMILES string of the molecule is CC(N(C)C(=O)c1ccc(Br)c([N+](=O)[O-])c1)C(C)(C)C. The zero-order valence-electron chi connectivity index (χ0n) is 12.3. The van der Waals surface area contributed by atoms with Crippen molar-refractivity contribution in [2.75, 3.05) is 7.05 Å². The Bertz CT molecular complexity index is 538. The van der Waals surface area contributed by atoms with Crippen LogP contribution in [0.4, 0.5) is 5.69 Å². The molecule has 0 aliphatic carbocycles. The minimum absolute atomic E-state index is 0.0118. The first-order valence-electron chi connectivity index (χ1n) is 6.26. The molecule has 6 heteroatoms. The molecule has 0 bridgehead atoms.